The van der Waals surface area contributed by atoms with Gasteiger partial charge in [-0.25, -0.2) is 0 Å². The second kappa shape index (κ2) is 6.24. The molecule has 1 atom stereocenters. The van der Waals surface area contributed by atoms with E-state index in [9.17, 15) is 4.79 Å². The second-order valence-electron chi connectivity index (χ2n) is 6.26. The fourth-order valence-electron chi connectivity index (χ4n) is 3.71. The fraction of sp³-hybridized carbons (Fsp3) is 0.300. The number of hydrogen-bond acceptors (Lipinski definition) is 4. The van der Waals surface area contributed by atoms with Crippen LogP contribution in [0.4, 0.5) is 0 Å². The Kier molecular flexibility index (Phi) is 3.92. The summed E-state index contributed by atoms with van der Waals surface area (Å²) in [5.41, 5.74) is 3.31. The summed E-state index contributed by atoms with van der Waals surface area (Å²) < 4.78 is 10.9. The van der Waals surface area contributed by atoms with E-state index < -0.39 is 0 Å². The summed E-state index contributed by atoms with van der Waals surface area (Å²) in [6.07, 6.45) is 1.27. The summed E-state index contributed by atoms with van der Waals surface area (Å²) in [5, 5.41) is 0. The number of amides is 1. The molecule has 5 nitrogen and oxygen atoms in total. The number of methoxy groups -OCH3 is 2. The zero-order valence-corrected chi connectivity index (χ0v) is 14.4. The van der Waals surface area contributed by atoms with Gasteiger partial charge < -0.3 is 14.4 Å². The van der Waals surface area contributed by atoms with Crippen molar-refractivity contribution >= 4 is 11.7 Å². The van der Waals surface area contributed by atoms with Crippen molar-refractivity contribution in [2.45, 2.75) is 18.9 Å². The van der Waals surface area contributed by atoms with Gasteiger partial charge in [-0.3, -0.25) is 4.79 Å². The molecular formula is C20H20N2O3. The number of hydrogen-bond donors (Lipinski definition) is 0. The SMILES string of the molecule is COc1cc2c(cc1OC)C1CC(=O)N=C(c3ccccc3)N1CC2. The average molecular weight is 336 g/mol. The molecule has 0 N–H and O–H groups in total. The first-order valence-electron chi connectivity index (χ1n) is 8.39. The number of aliphatic imine (C=N–C) groups is 1. The highest BCUT2D eigenvalue weighted by atomic mass is 16.5. The number of fused-ring (bicyclic) bond motifs is 3. The largest absolute Gasteiger partial charge is 0.493 e. The standard InChI is InChI=1S/C20H20N2O3/c1-24-17-10-14-8-9-22-16(15(14)11-18(17)25-2)12-19(23)21-20(22)13-6-4-3-5-7-13/h3-7,10-11,16H,8-9,12H2,1-2H3. The molecule has 4 rings (SSSR count). The van der Waals surface area contributed by atoms with Crippen LogP contribution in [0, 0.1) is 0 Å². The molecular weight excluding hydrogens is 316 g/mol. The fourth-order valence-corrected chi connectivity index (χ4v) is 3.71. The van der Waals surface area contributed by atoms with Gasteiger partial charge in [-0.05, 0) is 29.7 Å². The minimum absolute atomic E-state index is 0.0104. The van der Waals surface area contributed by atoms with Gasteiger partial charge in [-0.15, -0.1) is 0 Å². The van der Waals surface area contributed by atoms with Crippen LogP contribution >= 0.6 is 0 Å². The van der Waals surface area contributed by atoms with Crippen molar-refractivity contribution in [2.24, 2.45) is 4.99 Å². The number of rotatable bonds is 3. The molecule has 2 aromatic carbocycles. The zero-order chi connectivity index (χ0) is 17.4. The van der Waals surface area contributed by atoms with Gasteiger partial charge in [0, 0.05) is 12.1 Å². The highest BCUT2D eigenvalue weighted by Gasteiger charge is 2.36. The molecule has 0 spiro atoms. The Morgan fingerprint density at radius 1 is 1.08 bits per heavy atom. The van der Waals surface area contributed by atoms with Crippen molar-refractivity contribution in [1.29, 1.82) is 0 Å². The van der Waals surface area contributed by atoms with Crippen LogP contribution < -0.4 is 9.47 Å². The Hall–Kier alpha value is -2.82. The zero-order valence-electron chi connectivity index (χ0n) is 14.4. The van der Waals surface area contributed by atoms with Gasteiger partial charge >= 0.3 is 0 Å². The lowest BCUT2D eigenvalue weighted by Gasteiger charge is -2.41. The lowest BCUT2D eigenvalue weighted by molar-refractivity contribution is -0.119. The Morgan fingerprint density at radius 3 is 2.52 bits per heavy atom. The van der Waals surface area contributed by atoms with Crippen LogP contribution in [0.25, 0.3) is 0 Å². The quantitative estimate of drug-likeness (QED) is 0.865. The smallest absolute Gasteiger partial charge is 0.250 e. The number of carbonyl (C=O) groups excluding carboxylic acids is 1. The van der Waals surface area contributed by atoms with Crippen LogP contribution in [0.1, 0.15) is 29.2 Å². The van der Waals surface area contributed by atoms with Crippen LogP contribution in [0.3, 0.4) is 0 Å². The summed E-state index contributed by atoms with van der Waals surface area (Å²) >= 11 is 0. The van der Waals surface area contributed by atoms with E-state index in [1.54, 1.807) is 14.2 Å². The number of benzene rings is 2. The number of carbonyl (C=O) groups is 1. The molecule has 0 aliphatic carbocycles. The maximum atomic E-state index is 12.3. The van der Waals surface area contributed by atoms with Crippen LogP contribution in [-0.2, 0) is 11.2 Å². The van der Waals surface area contributed by atoms with Gasteiger partial charge in [-0.1, -0.05) is 30.3 Å². The third-order valence-electron chi connectivity index (χ3n) is 4.91. The summed E-state index contributed by atoms with van der Waals surface area (Å²) in [6.45, 7) is 0.828. The summed E-state index contributed by atoms with van der Waals surface area (Å²) in [6, 6.07) is 13.9. The van der Waals surface area contributed by atoms with Crippen molar-refractivity contribution in [3.63, 3.8) is 0 Å². The van der Waals surface area contributed by atoms with Gasteiger partial charge in [-0.2, -0.15) is 4.99 Å². The Balaban J connectivity index is 1.79. The van der Waals surface area contributed by atoms with Crippen LogP contribution in [-0.4, -0.2) is 37.4 Å². The maximum Gasteiger partial charge on any atom is 0.250 e. The molecule has 2 heterocycles. The third-order valence-corrected chi connectivity index (χ3v) is 4.91. The minimum atomic E-state index is -0.0808. The van der Waals surface area contributed by atoms with E-state index in [0.717, 1.165) is 35.7 Å². The lowest BCUT2D eigenvalue weighted by Crippen LogP contribution is -2.44. The van der Waals surface area contributed by atoms with Crippen LogP contribution in [0.2, 0.25) is 0 Å². The molecule has 0 saturated carbocycles. The normalized spacial score (nSPS) is 19.0. The number of ether oxygens (including phenoxy) is 2. The first-order valence-corrected chi connectivity index (χ1v) is 8.39. The van der Waals surface area contributed by atoms with Crippen molar-refractivity contribution in [3.05, 3.63) is 59.2 Å². The Morgan fingerprint density at radius 2 is 1.80 bits per heavy atom. The first kappa shape index (κ1) is 15.7. The molecule has 25 heavy (non-hydrogen) atoms. The van der Waals surface area contributed by atoms with E-state index >= 15 is 0 Å². The highest BCUT2D eigenvalue weighted by Crippen LogP contribution is 2.41. The summed E-state index contributed by atoms with van der Waals surface area (Å²) in [7, 11) is 3.28. The topological polar surface area (TPSA) is 51.1 Å². The highest BCUT2D eigenvalue weighted by molar-refractivity contribution is 6.07. The van der Waals surface area contributed by atoms with Crippen LogP contribution in [0.5, 0.6) is 11.5 Å². The Labute approximate surface area is 146 Å². The van der Waals surface area contributed by atoms with Crippen LogP contribution in [0.15, 0.2) is 47.5 Å². The predicted octanol–water partition coefficient (Wildman–Crippen LogP) is 2.98. The predicted molar refractivity (Wildman–Crippen MR) is 95.3 cm³/mol. The van der Waals surface area contributed by atoms with E-state index in [1.165, 1.54) is 5.56 Å². The molecule has 128 valence electrons. The molecule has 0 radical (unpaired) electrons. The maximum absolute atomic E-state index is 12.3. The first-order chi connectivity index (χ1) is 12.2. The van der Waals surface area contributed by atoms with Gasteiger partial charge in [0.2, 0.25) is 5.91 Å². The van der Waals surface area contributed by atoms with E-state index in [1.807, 2.05) is 42.5 Å². The summed E-state index contributed by atoms with van der Waals surface area (Å²) in [4.78, 5) is 18.9. The molecule has 0 saturated heterocycles. The van der Waals surface area contributed by atoms with Gasteiger partial charge in [0.05, 0.1) is 26.7 Å². The van der Waals surface area contributed by atoms with Crippen molar-refractivity contribution in [2.75, 3.05) is 20.8 Å². The number of amidine groups is 1. The van der Waals surface area contributed by atoms with Crippen molar-refractivity contribution < 1.29 is 14.3 Å². The number of nitrogens with zero attached hydrogens (tertiary/aromatic N) is 2. The summed E-state index contributed by atoms with van der Waals surface area (Å²) in [5.74, 6) is 2.11. The van der Waals surface area contributed by atoms with Gasteiger partial charge in [0.25, 0.3) is 0 Å². The lowest BCUT2D eigenvalue weighted by atomic mass is 9.88. The molecule has 1 unspecified atom stereocenters. The molecule has 0 fully saturated rings. The third kappa shape index (κ3) is 2.65. The molecule has 5 heteroatoms. The van der Waals surface area contributed by atoms with Crippen molar-refractivity contribution in [3.8, 4) is 11.5 Å². The monoisotopic (exact) mass is 336 g/mol. The van der Waals surface area contributed by atoms with E-state index in [0.29, 0.717) is 12.2 Å². The van der Waals surface area contributed by atoms with Gasteiger partial charge in [0.1, 0.15) is 5.84 Å². The second-order valence-corrected chi connectivity index (χ2v) is 6.26. The van der Waals surface area contributed by atoms with E-state index in [-0.39, 0.29) is 11.9 Å². The average Bonchev–Trinajstić information content (AvgIpc) is 2.66. The Bertz CT molecular complexity index is 846. The van der Waals surface area contributed by atoms with Gasteiger partial charge in [0.15, 0.2) is 11.5 Å². The molecule has 2 aliphatic heterocycles. The molecule has 0 bridgehead atoms. The molecule has 2 aliphatic rings. The van der Waals surface area contributed by atoms with Crippen molar-refractivity contribution in [1.82, 2.24) is 4.90 Å². The molecule has 2 aromatic rings. The van der Waals surface area contributed by atoms with E-state index in [2.05, 4.69) is 9.89 Å². The van der Waals surface area contributed by atoms with E-state index in [4.69, 9.17) is 9.47 Å². The minimum Gasteiger partial charge on any atom is -0.493 e. The molecule has 1 amide bonds. The molecule has 0 aromatic heterocycles.